The van der Waals surface area contributed by atoms with Crippen molar-refractivity contribution in [3.63, 3.8) is 0 Å². The van der Waals surface area contributed by atoms with Gasteiger partial charge in [0.05, 0.1) is 5.54 Å². The van der Waals surface area contributed by atoms with Gasteiger partial charge in [0.15, 0.2) is 0 Å². The summed E-state index contributed by atoms with van der Waals surface area (Å²) in [7, 11) is 0. The standard InChI is InChI=1S/C17H21NO3/c1-15(2,3)21-14(20)18-17-10-16(17,11-17)8-12-4-6-13(9-19)7-5-12/h4-7,9H,8,10-11H2,1-3H3,(H,18,20). The zero-order chi connectivity index (χ0) is 15.3. The van der Waals surface area contributed by atoms with Gasteiger partial charge in [-0.1, -0.05) is 24.3 Å². The van der Waals surface area contributed by atoms with Gasteiger partial charge in [-0.25, -0.2) is 4.79 Å². The maximum Gasteiger partial charge on any atom is 0.408 e. The Labute approximate surface area is 124 Å². The molecule has 3 rings (SSSR count). The summed E-state index contributed by atoms with van der Waals surface area (Å²) in [5.74, 6) is 0. The third-order valence-electron chi connectivity index (χ3n) is 4.44. The molecule has 0 radical (unpaired) electrons. The Kier molecular flexibility index (Phi) is 2.91. The number of fused-ring (bicyclic) bond motifs is 1. The van der Waals surface area contributed by atoms with Crippen molar-refractivity contribution in [3.8, 4) is 0 Å². The molecule has 21 heavy (non-hydrogen) atoms. The van der Waals surface area contributed by atoms with Gasteiger partial charge in [0, 0.05) is 11.0 Å². The topological polar surface area (TPSA) is 55.4 Å². The molecule has 112 valence electrons. The van der Waals surface area contributed by atoms with E-state index in [2.05, 4.69) is 5.32 Å². The number of benzene rings is 1. The van der Waals surface area contributed by atoms with Crippen molar-refractivity contribution in [2.45, 2.75) is 51.2 Å². The van der Waals surface area contributed by atoms with E-state index in [0.29, 0.717) is 5.56 Å². The Bertz CT molecular complexity index is 577. The van der Waals surface area contributed by atoms with Gasteiger partial charge in [-0.2, -0.15) is 0 Å². The van der Waals surface area contributed by atoms with Crippen LogP contribution in [0.2, 0.25) is 0 Å². The van der Waals surface area contributed by atoms with Crippen LogP contribution in [0.5, 0.6) is 0 Å². The number of hydrogen-bond donors (Lipinski definition) is 1. The lowest BCUT2D eigenvalue weighted by molar-refractivity contribution is 0.0510. The molecule has 2 saturated carbocycles. The fraction of sp³-hybridized carbons (Fsp3) is 0.529. The fourth-order valence-corrected chi connectivity index (χ4v) is 3.13. The van der Waals surface area contributed by atoms with E-state index in [9.17, 15) is 9.59 Å². The molecule has 0 aliphatic heterocycles. The number of alkyl carbamates (subject to hydrolysis) is 1. The minimum absolute atomic E-state index is 0.0430. The molecule has 0 atom stereocenters. The first-order chi connectivity index (χ1) is 9.78. The number of ether oxygens (including phenoxy) is 1. The summed E-state index contributed by atoms with van der Waals surface area (Å²) in [6.07, 6.45) is 3.52. The van der Waals surface area contributed by atoms with E-state index < -0.39 is 5.60 Å². The van der Waals surface area contributed by atoms with Crippen LogP contribution in [0.3, 0.4) is 0 Å². The smallest absolute Gasteiger partial charge is 0.408 e. The average Bonchev–Trinajstić information content (AvgIpc) is 3.13. The van der Waals surface area contributed by atoms with Crippen LogP contribution in [0, 0.1) is 5.41 Å². The van der Waals surface area contributed by atoms with E-state index in [1.54, 1.807) is 0 Å². The lowest BCUT2D eigenvalue weighted by Crippen LogP contribution is -2.36. The molecule has 0 aromatic heterocycles. The molecule has 0 unspecified atom stereocenters. The van der Waals surface area contributed by atoms with Crippen LogP contribution >= 0.6 is 0 Å². The summed E-state index contributed by atoms with van der Waals surface area (Å²) < 4.78 is 5.32. The summed E-state index contributed by atoms with van der Waals surface area (Å²) in [6.45, 7) is 5.60. The maximum atomic E-state index is 11.8. The lowest BCUT2D eigenvalue weighted by atomic mass is 10.0. The molecule has 4 heteroatoms. The highest BCUT2D eigenvalue weighted by atomic mass is 16.6. The van der Waals surface area contributed by atoms with Gasteiger partial charge in [-0.3, -0.25) is 4.79 Å². The maximum absolute atomic E-state index is 11.8. The van der Waals surface area contributed by atoms with Gasteiger partial charge in [-0.15, -0.1) is 0 Å². The van der Waals surface area contributed by atoms with E-state index in [0.717, 1.165) is 25.5 Å². The number of aldehydes is 1. The van der Waals surface area contributed by atoms with Crippen LogP contribution in [-0.2, 0) is 11.2 Å². The van der Waals surface area contributed by atoms with E-state index in [4.69, 9.17) is 4.74 Å². The SMILES string of the molecule is CC(C)(C)OC(=O)NC12CC1(Cc1ccc(C=O)cc1)C2. The molecule has 1 aromatic carbocycles. The third kappa shape index (κ3) is 2.67. The molecule has 0 heterocycles. The molecule has 1 amide bonds. The predicted molar refractivity (Wildman–Crippen MR) is 79.3 cm³/mol. The van der Waals surface area contributed by atoms with Gasteiger partial charge in [0.25, 0.3) is 0 Å². The first-order valence-corrected chi connectivity index (χ1v) is 7.33. The molecule has 0 bridgehead atoms. The number of hydrogen-bond acceptors (Lipinski definition) is 3. The molecular weight excluding hydrogens is 266 g/mol. The highest BCUT2D eigenvalue weighted by Gasteiger charge is 2.83. The van der Waals surface area contributed by atoms with Crippen LogP contribution in [0.15, 0.2) is 24.3 Å². The normalized spacial score (nSPS) is 29.3. The van der Waals surface area contributed by atoms with Crippen molar-refractivity contribution in [3.05, 3.63) is 35.4 Å². The second kappa shape index (κ2) is 4.33. The largest absolute Gasteiger partial charge is 0.444 e. The molecule has 1 N–H and O–H groups in total. The van der Waals surface area contributed by atoms with Crippen molar-refractivity contribution < 1.29 is 14.3 Å². The first-order valence-electron chi connectivity index (χ1n) is 7.33. The van der Waals surface area contributed by atoms with Gasteiger partial charge in [0.2, 0.25) is 0 Å². The quantitative estimate of drug-likeness (QED) is 0.866. The summed E-state index contributed by atoms with van der Waals surface area (Å²) in [4.78, 5) is 22.5. The molecular formula is C17H21NO3. The summed E-state index contributed by atoms with van der Waals surface area (Å²) >= 11 is 0. The molecule has 2 aliphatic rings. The Hall–Kier alpha value is -1.84. The Balaban J connectivity index is 1.56. The lowest BCUT2D eigenvalue weighted by Gasteiger charge is -2.20. The van der Waals surface area contributed by atoms with E-state index in [1.165, 1.54) is 5.56 Å². The number of rotatable bonds is 4. The number of carbonyl (C=O) groups excluding carboxylic acids is 2. The van der Waals surface area contributed by atoms with Crippen molar-refractivity contribution in [2.24, 2.45) is 5.41 Å². The Morgan fingerprint density at radius 1 is 1.29 bits per heavy atom. The monoisotopic (exact) mass is 287 g/mol. The van der Waals surface area contributed by atoms with Gasteiger partial charge >= 0.3 is 6.09 Å². The van der Waals surface area contributed by atoms with Crippen LogP contribution in [0.25, 0.3) is 0 Å². The molecule has 0 spiro atoms. The van der Waals surface area contributed by atoms with E-state index in [1.807, 2.05) is 45.0 Å². The van der Waals surface area contributed by atoms with Crippen molar-refractivity contribution >= 4 is 12.4 Å². The molecule has 4 nitrogen and oxygen atoms in total. The van der Waals surface area contributed by atoms with E-state index in [-0.39, 0.29) is 17.0 Å². The van der Waals surface area contributed by atoms with Crippen LogP contribution in [0.1, 0.15) is 49.5 Å². The number of nitrogens with one attached hydrogen (secondary N) is 1. The number of carbonyl (C=O) groups is 2. The summed E-state index contributed by atoms with van der Waals surface area (Å²) in [6, 6.07) is 7.67. The summed E-state index contributed by atoms with van der Waals surface area (Å²) in [5, 5.41) is 3.03. The predicted octanol–water partition coefficient (Wildman–Crippen LogP) is 3.10. The van der Waals surface area contributed by atoms with Crippen molar-refractivity contribution in [1.29, 1.82) is 0 Å². The first kappa shape index (κ1) is 14.1. The Morgan fingerprint density at radius 3 is 2.43 bits per heavy atom. The van der Waals surface area contributed by atoms with Crippen molar-refractivity contribution in [1.82, 2.24) is 5.32 Å². The zero-order valence-corrected chi connectivity index (χ0v) is 12.7. The highest BCUT2D eigenvalue weighted by molar-refractivity contribution is 5.74. The Morgan fingerprint density at radius 2 is 1.90 bits per heavy atom. The van der Waals surface area contributed by atoms with Crippen LogP contribution in [0.4, 0.5) is 4.79 Å². The summed E-state index contributed by atoms with van der Waals surface area (Å²) in [5.41, 5.74) is 1.62. The second-order valence-corrected chi connectivity index (χ2v) is 7.38. The van der Waals surface area contributed by atoms with Gasteiger partial charge < -0.3 is 10.1 Å². The van der Waals surface area contributed by atoms with Gasteiger partial charge in [0.1, 0.15) is 11.9 Å². The fourth-order valence-electron chi connectivity index (χ4n) is 3.13. The highest BCUT2D eigenvalue weighted by Crippen LogP contribution is 2.79. The molecule has 2 fully saturated rings. The van der Waals surface area contributed by atoms with Gasteiger partial charge in [-0.05, 0) is 45.6 Å². The number of amides is 1. The minimum atomic E-state index is -0.460. The molecule has 2 aliphatic carbocycles. The second-order valence-electron chi connectivity index (χ2n) is 7.38. The molecule has 0 saturated heterocycles. The van der Waals surface area contributed by atoms with Crippen molar-refractivity contribution in [2.75, 3.05) is 0 Å². The van der Waals surface area contributed by atoms with E-state index >= 15 is 0 Å². The minimum Gasteiger partial charge on any atom is -0.444 e. The third-order valence-corrected chi connectivity index (χ3v) is 4.44. The zero-order valence-electron chi connectivity index (χ0n) is 12.7. The van der Waals surface area contributed by atoms with Crippen LogP contribution in [-0.4, -0.2) is 23.5 Å². The van der Waals surface area contributed by atoms with Crippen LogP contribution < -0.4 is 5.32 Å². The average molecular weight is 287 g/mol. The molecule has 1 aromatic rings.